The molecule has 0 bridgehead atoms. The summed E-state index contributed by atoms with van der Waals surface area (Å²) in [7, 11) is 1.42. The number of hydrogen-bond acceptors (Lipinski definition) is 4. The highest BCUT2D eigenvalue weighted by Crippen LogP contribution is 2.42. The maximum atomic E-state index is 12.8. The van der Waals surface area contributed by atoms with Crippen molar-refractivity contribution in [3.05, 3.63) is 132 Å². The molecular formula is C40H48O4. The predicted molar refractivity (Wildman–Crippen MR) is 178 cm³/mol. The third-order valence-electron chi connectivity index (χ3n) is 8.74. The van der Waals surface area contributed by atoms with Gasteiger partial charge in [0.1, 0.15) is 11.4 Å². The largest absolute Gasteiger partial charge is 0.469 e. The first kappa shape index (κ1) is 33.1. The molecule has 44 heavy (non-hydrogen) atoms. The van der Waals surface area contributed by atoms with Crippen LogP contribution in [-0.4, -0.2) is 25.0 Å². The van der Waals surface area contributed by atoms with Crippen molar-refractivity contribution in [1.29, 1.82) is 0 Å². The molecule has 4 nitrogen and oxygen atoms in total. The van der Waals surface area contributed by atoms with Crippen molar-refractivity contribution in [3.63, 3.8) is 0 Å². The molecule has 0 aromatic heterocycles. The molecule has 4 heteroatoms. The average Bonchev–Trinajstić information content (AvgIpc) is 3.43. The van der Waals surface area contributed by atoms with Crippen LogP contribution < -0.4 is 0 Å². The number of benzene rings is 3. The number of carbonyl (C=O) groups is 2. The molecule has 0 spiro atoms. The number of methoxy groups -OCH3 is 1. The summed E-state index contributed by atoms with van der Waals surface area (Å²) < 4.78 is 12.1. The zero-order valence-corrected chi connectivity index (χ0v) is 26.4. The molecule has 3 aromatic carbocycles. The van der Waals surface area contributed by atoms with Crippen LogP contribution in [0.2, 0.25) is 0 Å². The van der Waals surface area contributed by atoms with Crippen molar-refractivity contribution in [2.24, 2.45) is 11.8 Å². The third kappa shape index (κ3) is 8.89. The van der Waals surface area contributed by atoms with Gasteiger partial charge in [-0.3, -0.25) is 9.59 Å². The van der Waals surface area contributed by atoms with E-state index in [1.54, 1.807) is 0 Å². The molecular weight excluding hydrogens is 544 g/mol. The molecule has 4 rings (SSSR count). The van der Waals surface area contributed by atoms with Gasteiger partial charge >= 0.3 is 5.97 Å². The van der Waals surface area contributed by atoms with Crippen LogP contribution in [0.1, 0.15) is 87.8 Å². The minimum Gasteiger partial charge on any atom is -0.469 e. The van der Waals surface area contributed by atoms with Crippen LogP contribution in [0, 0.1) is 11.8 Å². The lowest BCUT2D eigenvalue weighted by atomic mass is 9.79. The summed E-state index contributed by atoms with van der Waals surface area (Å²) in [5.41, 5.74) is 2.59. The maximum absolute atomic E-state index is 12.8. The van der Waals surface area contributed by atoms with Crippen LogP contribution in [0.3, 0.4) is 0 Å². The van der Waals surface area contributed by atoms with E-state index < -0.39 is 5.60 Å². The number of unbranched alkanes of at least 4 members (excludes halogenated alkanes) is 2. The fraction of sp³-hybridized carbons (Fsp3) is 0.400. The molecule has 1 aliphatic carbocycles. The van der Waals surface area contributed by atoms with Crippen molar-refractivity contribution < 1.29 is 19.1 Å². The van der Waals surface area contributed by atoms with Gasteiger partial charge in [0.05, 0.1) is 13.2 Å². The highest BCUT2D eigenvalue weighted by molar-refractivity contribution is 5.83. The number of allylic oxidation sites excluding steroid dienone is 3. The number of esters is 1. The number of ether oxygens (including phenoxy) is 2. The van der Waals surface area contributed by atoms with Crippen molar-refractivity contribution in [1.82, 2.24) is 0 Å². The second-order valence-electron chi connectivity index (χ2n) is 11.8. The van der Waals surface area contributed by atoms with E-state index in [-0.39, 0.29) is 23.9 Å². The van der Waals surface area contributed by atoms with Crippen LogP contribution in [0.5, 0.6) is 0 Å². The first-order chi connectivity index (χ1) is 21.6. The molecule has 0 N–H and O–H groups in total. The summed E-state index contributed by atoms with van der Waals surface area (Å²) in [6.07, 6.45) is 17.0. The monoisotopic (exact) mass is 592 g/mol. The van der Waals surface area contributed by atoms with Crippen LogP contribution in [-0.2, 0) is 24.7 Å². The summed E-state index contributed by atoms with van der Waals surface area (Å²) in [6, 6.07) is 31.7. The minimum atomic E-state index is -0.749. The Labute approximate surface area is 264 Å². The lowest BCUT2D eigenvalue weighted by molar-refractivity contribution is -0.140. The van der Waals surface area contributed by atoms with Crippen molar-refractivity contribution in [3.8, 4) is 0 Å². The molecule has 232 valence electrons. The predicted octanol–water partition coefficient (Wildman–Crippen LogP) is 9.39. The minimum absolute atomic E-state index is 0.00270. The molecule has 0 radical (unpaired) electrons. The molecule has 0 amide bonds. The van der Waals surface area contributed by atoms with E-state index in [0.29, 0.717) is 18.6 Å². The van der Waals surface area contributed by atoms with Crippen LogP contribution >= 0.6 is 0 Å². The van der Waals surface area contributed by atoms with Gasteiger partial charge in [-0.05, 0) is 61.1 Å². The van der Waals surface area contributed by atoms with Gasteiger partial charge in [-0.2, -0.15) is 0 Å². The van der Waals surface area contributed by atoms with Crippen molar-refractivity contribution in [2.75, 3.05) is 7.11 Å². The van der Waals surface area contributed by atoms with Crippen LogP contribution in [0.4, 0.5) is 0 Å². The number of Topliss-reactive ketones (excluding diaryl/α,β-unsaturated/α-hetero) is 1. The third-order valence-corrected chi connectivity index (χ3v) is 8.74. The quantitative estimate of drug-likeness (QED) is 0.0678. The Bertz CT molecular complexity index is 1230. The highest BCUT2D eigenvalue weighted by atomic mass is 16.5. The van der Waals surface area contributed by atoms with E-state index in [4.69, 9.17) is 9.47 Å². The number of ketones is 1. The number of rotatable bonds is 17. The molecule has 0 heterocycles. The zero-order chi connectivity index (χ0) is 31.0. The zero-order valence-electron chi connectivity index (χ0n) is 26.4. The number of hydrogen-bond donors (Lipinski definition) is 0. The smallest absolute Gasteiger partial charge is 0.305 e. The second kappa shape index (κ2) is 17.5. The molecule has 0 saturated heterocycles. The Hall–Kier alpha value is -3.76. The van der Waals surface area contributed by atoms with Gasteiger partial charge in [-0.15, -0.1) is 0 Å². The Balaban J connectivity index is 1.53. The lowest BCUT2D eigenvalue weighted by Gasteiger charge is -2.39. The van der Waals surface area contributed by atoms with Gasteiger partial charge < -0.3 is 9.47 Å². The van der Waals surface area contributed by atoms with Gasteiger partial charge in [0.2, 0.25) is 0 Å². The van der Waals surface area contributed by atoms with E-state index in [1.807, 2.05) is 0 Å². The van der Waals surface area contributed by atoms with E-state index >= 15 is 0 Å². The van der Waals surface area contributed by atoms with E-state index in [2.05, 4.69) is 122 Å². The van der Waals surface area contributed by atoms with Gasteiger partial charge in [-0.1, -0.05) is 135 Å². The summed E-state index contributed by atoms with van der Waals surface area (Å²) in [6.45, 7) is 2.23. The molecule has 1 unspecified atom stereocenters. The first-order valence-electron chi connectivity index (χ1n) is 16.3. The highest BCUT2D eigenvalue weighted by Gasteiger charge is 2.39. The fourth-order valence-electron chi connectivity index (χ4n) is 6.33. The van der Waals surface area contributed by atoms with Gasteiger partial charge in [0, 0.05) is 18.8 Å². The van der Waals surface area contributed by atoms with Crippen LogP contribution in [0.25, 0.3) is 0 Å². The van der Waals surface area contributed by atoms with E-state index in [0.717, 1.165) is 68.1 Å². The Morgan fingerprint density at radius 2 is 1.45 bits per heavy atom. The van der Waals surface area contributed by atoms with Crippen LogP contribution in [0.15, 0.2) is 115 Å². The topological polar surface area (TPSA) is 52.6 Å². The second-order valence-corrected chi connectivity index (χ2v) is 11.8. The average molecular weight is 593 g/mol. The Morgan fingerprint density at radius 3 is 2.00 bits per heavy atom. The molecule has 0 aliphatic heterocycles. The molecule has 1 aliphatic rings. The van der Waals surface area contributed by atoms with E-state index in [9.17, 15) is 9.59 Å². The summed E-state index contributed by atoms with van der Waals surface area (Å²) in [4.78, 5) is 24.1. The normalized spacial score (nSPS) is 17.8. The SMILES string of the molecule is CCCCC(CC=C[C@H]1CCC(=O)[C@@H]1CC=CCCCC(=O)OC)OC(c1ccccc1)(c1ccccc1)c1ccccc1. The molecule has 1 fully saturated rings. The summed E-state index contributed by atoms with van der Waals surface area (Å²) >= 11 is 0. The van der Waals surface area contributed by atoms with Crippen molar-refractivity contribution >= 4 is 11.8 Å². The molecule has 1 saturated carbocycles. The summed E-state index contributed by atoms with van der Waals surface area (Å²) in [5, 5.41) is 0. The maximum Gasteiger partial charge on any atom is 0.305 e. The molecule has 3 atom stereocenters. The van der Waals surface area contributed by atoms with Gasteiger partial charge in [-0.25, -0.2) is 0 Å². The Kier molecular flexibility index (Phi) is 13.2. The Morgan fingerprint density at radius 1 is 0.864 bits per heavy atom. The summed E-state index contributed by atoms with van der Waals surface area (Å²) in [5.74, 6) is 0.449. The van der Waals surface area contributed by atoms with Gasteiger partial charge in [0.25, 0.3) is 0 Å². The number of carbonyl (C=O) groups excluding carboxylic acids is 2. The van der Waals surface area contributed by atoms with Crippen molar-refractivity contribution in [2.45, 2.75) is 82.8 Å². The van der Waals surface area contributed by atoms with E-state index in [1.165, 1.54) is 7.11 Å². The first-order valence-corrected chi connectivity index (χ1v) is 16.3. The lowest BCUT2D eigenvalue weighted by Crippen LogP contribution is -2.37. The standard InChI is InChI=1S/C40H48O4/c1-3-4-26-36(27-18-19-32-30-31-38(41)37(32)28-16-5-6-17-29-39(42)43-2)44-40(33-20-10-7-11-21-33,34-22-12-8-13-23-34)35-24-14-9-15-25-35/h5,7-16,18-25,32,36-37H,3-4,6,17,26-31H2,1-2H3/t32-,36?,37+/m0/s1. The molecule has 3 aromatic rings. The fourth-order valence-corrected chi connectivity index (χ4v) is 6.33. The van der Waals surface area contributed by atoms with Gasteiger partial charge in [0.15, 0.2) is 0 Å².